The fraction of sp³-hybridized carbons (Fsp3) is 0.176. The Hall–Kier alpha value is -2.49. The maximum Gasteiger partial charge on any atom is 0.149 e. The molecule has 0 saturated heterocycles. The molecule has 0 bridgehead atoms. The van der Waals surface area contributed by atoms with Crippen LogP contribution in [-0.2, 0) is 0 Å². The molecule has 0 atom stereocenters. The van der Waals surface area contributed by atoms with Crippen LogP contribution >= 0.6 is 0 Å². The maximum absolute atomic E-state index is 13.8. The Morgan fingerprint density at radius 1 is 1.14 bits per heavy atom. The van der Waals surface area contributed by atoms with E-state index in [1.807, 2.05) is 19.9 Å². The molecule has 4 heteroatoms. The standard InChI is InChI=1S/C17H15FN2O/c1-10(2)16-15(21)8-11(9-20-16)12-6-7-19-17-13(12)4-3-5-14(17)18/h3-10,21H,1-2H3. The number of hydrogen-bond acceptors (Lipinski definition) is 3. The van der Waals surface area contributed by atoms with E-state index in [-0.39, 0.29) is 17.5 Å². The third-order valence-corrected chi connectivity index (χ3v) is 3.48. The van der Waals surface area contributed by atoms with Gasteiger partial charge in [0, 0.05) is 23.3 Å². The molecule has 0 radical (unpaired) electrons. The topological polar surface area (TPSA) is 46.0 Å². The summed E-state index contributed by atoms with van der Waals surface area (Å²) in [6.45, 7) is 3.94. The Morgan fingerprint density at radius 2 is 1.95 bits per heavy atom. The minimum Gasteiger partial charge on any atom is -0.506 e. The molecule has 3 nitrogen and oxygen atoms in total. The van der Waals surface area contributed by atoms with E-state index in [1.54, 1.807) is 30.6 Å². The van der Waals surface area contributed by atoms with Crippen molar-refractivity contribution in [3.05, 3.63) is 54.2 Å². The Labute approximate surface area is 122 Å². The quantitative estimate of drug-likeness (QED) is 0.763. The molecule has 3 rings (SSSR count). The van der Waals surface area contributed by atoms with Gasteiger partial charge in [-0.2, -0.15) is 0 Å². The number of halogens is 1. The SMILES string of the molecule is CC(C)c1ncc(-c2ccnc3c(F)cccc23)cc1O. The Balaban J connectivity index is 2.22. The van der Waals surface area contributed by atoms with Crippen LogP contribution in [0.4, 0.5) is 4.39 Å². The zero-order valence-corrected chi connectivity index (χ0v) is 11.8. The minimum atomic E-state index is -0.356. The average Bonchev–Trinajstić information content (AvgIpc) is 2.46. The number of nitrogens with zero attached hydrogens (tertiary/aromatic N) is 2. The van der Waals surface area contributed by atoms with Crippen molar-refractivity contribution in [1.29, 1.82) is 0 Å². The highest BCUT2D eigenvalue weighted by atomic mass is 19.1. The third-order valence-electron chi connectivity index (χ3n) is 3.48. The lowest BCUT2D eigenvalue weighted by Gasteiger charge is -2.10. The van der Waals surface area contributed by atoms with Gasteiger partial charge in [0.1, 0.15) is 17.1 Å². The van der Waals surface area contributed by atoms with Gasteiger partial charge in [0.15, 0.2) is 0 Å². The zero-order valence-electron chi connectivity index (χ0n) is 11.8. The fourth-order valence-electron chi connectivity index (χ4n) is 2.45. The molecule has 21 heavy (non-hydrogen) atoms. The van der Waals surface area contributed by atoms with Gasteiger partial charge in [0.05, 0.1) is 5.69 Å². The summed E-state index contributed by atoms with van der Waals surface area (Å²) >= 11 is 0. The van der Waals surface area contributed by atoms with E-state index >= 15 is 0 Å². The highest BCUT2D eigenvalue weighted by Crippen LogP contribution is 2.32. The first-order valence-corrected chi connectivity index (χ1v) is 6.80. The predicted molar refractivity (Wildman–Crippen MR) is 80.7 cm³/mol. The summed E-state index contributed by atoms with van der Waals surface area (Å²) in [7, 11) is 0. The van der Waals surface area contributed by atoms with Crippen molar-refractivity contribution in [2.24, 2.45) is 0 Å². The number of hydrogen-bond donors (Lipinski definition) is 1. The lowest BCUT2D eigenvalue weighted by atomic mass is 10.0. The van der Waals surface area contributed by atoms with Crippen LogP contribution in [0.25, 0.3) is 22.0 Å². The molecule has 0 aliphatic carbocycles. The predicted octanol–water partition coefficient (Wildman–Crippen LogP) is 4.26. The lowest BCUT2D eigenvalue weighted by molar-refractivity contribution is 0.460. The number of aromatic hydroxyl groups is 1. The smallest absolute Gasteiger partial charge is 0.149 e. The van der Waals surface area contributed by atoms with Gasteiger partial charge in [-0.25, -0.2) is 4.39 Å². The van der Waals surface area contributed by atoms with Crippen LogP contribution in [0.15, 0.2) is 42.7 Å². The molecule has 0 aliphatic rings. The van der Waals surface area contributed by atoms with Crippen molar-refractivity contribution in [3.63, 3.8) is 0 Å². The summed E-state index contributed by atoms with van der Waals surface area (Å²) in [5.41, 5.74) is 2.53. The van der Waals surface area contributed by atoms with E-state index in [9.17, 15) is 9.50 Å². The van der Waals surface area contributed by atoms with Gasteiger partial charge < -0.3 is 5.11 Å². The molecular formula is C17H15FN2O. The highest BCUT2D eigenvalue weighted by molar-refractivity contribution is 5.94. The number of aromatic nitrogens is 2. The monoisotopic (exact) mass is 282 g/mol. The number of fused-ring (bicyclic) bond motifs is 1. The van der Waals surface area contributed by atoms with Crippen molar-refractivity contribution in [2.75, 3.05) is 0 Å². The van der Waals surface area contributed by atoms with Gasteiger partial charge in [-0.1, -0.05) is 26.0 Å². The molecular weight excluding hydrogens is 267 g/mol. The summed E-state index contributed by atoms with van der Waals surface area (Å²) in [4.78, 5) is 8.40. The Bertz CT molecular complexity index is 815. The summed E-state index contributed by atoms with van der Waals surface area (Å²) < 4.78 is 13.8. The molecule has 0 fully saturated rings. The van der Waals surface area contributed by atoms with Gasteiger partial charge in [-0.3, -0.25) is 9.97 Å². The second kappa shape index (κ2) is 5.13. The fourth-order valence-corrected chi connectivity index (χ4v) is 2.45. The molecule has 1 N–H and O–H groups in total. The van der Waals surface area contributed by atoms with Gasteiger partial charge >= 0.3 is 0 Å². The van der Waals surface area contributed by atoms with Crippen LogP contribution in [0.3, 0.4) is 0 Å². The molecule has 2 heterocycles. The van der Waals surface area contributed by atoms with E-state index in [2.05, 4.69) is 9.97 Å². The molecule has 3 aromatic rings. The number of rotatable bonds is 2. The molecule has 0 aliphatic heterocycles. The van der Waals surface area contributed by atoms with Gasteiger partial charge in [-0.15, -0.1) is 0 Å². The number of benzene rings is 1. The van der Waals surface area contributed by atoms with E-state index < -0.39 is 0 Å². The van der Waals surface area contributed by atoms with Crippen LogP contribution in [-0.4, -0.2) is 15.1 Å². The Morgan fingerprint density at radius 3 is 2.67 bits per heavy atom. The van der Waals surface area contributed by atoms with Gasteiger partial charge in [0.25, 0.3) is 0 Å². The van der Waals surface area contributed by atoms with E-state index in [4.69, 9.17) is 0 Å². The van der Waals surface area contributed by atoms with E-state index in [0.29, 0.717) is 16.6 Å². The first-order valence-electron chi connectivity index (χ1n) is 6.80. The molecule has 0 amide bonds. The molecule has 0 saturated carbocycles. The first-order chi connectivity index (χ1) is 10.1. The minimum absolute atomic E-state index is 0.144. The molecule has 2 aromatic heterocycles. The summed E-state index contributed by atoms with van der Waals surface area (Å²) in [6.07, 6.45) is 3.27. The first kappa shape index (κ1) is 13.5. The molecule has 1 aromatic carbocycles. The highest BCUT2D eigenvalue weighted by Gasteiger charge is 2.12. The maximum atomic E-state index is 13.8. The van der Waals surface area contributed by atoms with Crippen molar-refractivity contribution in [3.8, 4) is 16.9 Å². The normalized spacial score (nSPS) is 11.2. The van der Waals surface area contributed by atoms with Crippen molar-refractivity contribution < 1.29 is 9.50 Å². The third kappa shape index (κ3) is 2.33. The van der Waals surface area contributed by atoms with Crippen LogP contribution in [0.1, 0.15) is 25.5 Å². The van der Waals surface area contributed by atoms with Crippen molar-refractivity contribution in [2.45, 2.75) is 19.8 Å². The van der Waals surface area contributed by atoms with Gasteiger partial charge in [0.2, 0.25) is 0 Å². The van der Waals surface area contributed by atoms with Crippen molar-refractivity contribution in [1.82, 2.24) is 9.97 Å². The summed E-state index contributed by atoms with van der Waals surface area (Å²) in [5.74, 6) is -0.0557. The number of pyridine rings is 2. The van der Waals surface area contributed by atoms with Crippen LogP contribution < -0.4 is 0 Å². The second-order valence-electron chi connectivity index (χ2n) is 5.28. The Kier molecular flexibility index (Phi) is 3.29. The molecule has 106 valence electrons. The van der Waals surface area contributed by atoms with E-state index in [1.165, 1.54) is 6.07 Å². The van der Waals surface area contributed by atoms with Crippen LogP contribution in [0.5, 0.6) is 5.75 Å². The zero-order chi connectivity index (χ0) is 15.0. The number of para-hydroxylation sites is 1. The molecule has 0 unspecified atom stereocenters. The lowest BCUT2D eigenvalue weighted by Crippen LogP contribution is -1.94. The van der Waals surface area contributed by atoms with Gasteiger partial charge in [-0.05, 0) is 29.7 Å². The van der Waals surface area contributed by atoms with E-state index in [0.717, 1.165) is 11.1 Å². The summed E-state index contributed by atoms with van der Waals surface area (Å²) in [5, 5.41) is 10.8. The second-order valence-corrected chi connectivity index (χ2v) is 5.28. The molecule has 0 spiro atoms. The largest absolute Gasteiger partial charge is 0.506 e. The van der Waals surface area contributed by atoms with Crippen LogP contribution in [0, 0.1) is 5.82 Å². The van der Waals surface area contributed by atoms with Crippen molar-refractivity contribution >= 4 is 10.9 Å². The van der Waals surface area contributed by atoms with Crippen LogP contribution in [0.2, 0.25) is 0 Å². The summed E-state index contributed by atoms with van der Waals surface area (Å²) in [6, 6.07) is 8.32. The average molecular weight is 282 g/mol.